The van der Waals surface area contributed by atoms with Crippen molar-refractivity contribution in [3.63, 3.8) is 0 Å². The second kappa shape index (κ2) is 6.05. The molecular formula is C20H19N3O3. The molecule has 0 atom stereocenters. The van der Waals surface area contributed by atoms with Crippen LogP contribution in [0.1, 0.15) is 19.8 Å². The summed E-state index contributed by atoms with van der Waals surface area (Å²) in [6, 6.07) is 7.50. The molecule has 0 N–H and O–H groups in total. The van der Waals surface area contributed by atoms with Crippen LogP contribution in [0.2, 0.25) is 0 Å². The molecule has 0 radical (unpaired) electrons. The number of nitrogens with zero attached hydrogens (tertiary/aromatic N) is 3. The topological polar surface area (TPSA) is 68.4 Å². The van der Waals surface area contributed by atoms with Crippen molar-refractivity contribution in [3.05, 3.63) is 43.1 Å². The zero-order valence-electron chi connectivity index (χ0n) is 14.5. The van der Waals surface area contributed by atoms with Crippen LogP contribution in [0.25, 0.3) is 33.9 Å². The first-order chi connectivity index (χ1) is 12.8. The van der Waals surface area contributed by atoms with Gasteiger partial charge in [0.2, 0.25) is 5.71 Å². The molecule has 0 spiro atoms. The normalized spacial score (nSPS) is 15.8. The standard InChI is InChI=1S/C20H19N3O3/c1-13-6-8-23(9-7-13)19-17-16(14-4-2-10-24-14)18(15-5-3-11-25-15)26-20(17)22-12-21-19/h2-5,10-13H,6-9H2,1H3. The van der Waals surface area contributed by atoms with Crippen molar-refractivity contribution in [2.45, 2.75) is 19.8 Å². The molecule has 5 rings (SSSR count). The van der Waals surface area contributed by atoms with Gasteiger partial charge in [0.05, 0.1) is 23.5 Å². The van der Waals surface area contributed by atoms with E-state index in [-0.39, 0.29) is 0 Å². The number of piperidine rings is 1. The molecule has 1 fully saturated rings. The summed E-state index contributed by atoms with van der Waals surface area (Å²) in [6.45, 7) is 4.26. The van der Waals surface area contributed by atoms with E-state index in [2.05, 4.69) is 21.8 Å². The molecule has 0 aromatic carbocycles. The first-order valence-electron chi connectivity index (χ1n) is 8.91. The van der Waals surface area contributed by atoms with Crippen LogP contribution in [0.3, 0.4) is 0 Å². The highest BCUT2D eigenvalue weighted by Gasteiger charge is 2.28. The second-order valence-electron chi connectivity index (χ2n) is 6.81. The Labute approximate surface area is 150 Å². The van der Waals surface area contributed by atoms with E-state index in [1.54, 1.807) is 18.9 Å². The van der Waals surface area contributed by atoms with E-state index < -0.39 is 0 Å². The summed E-state index contributed by atoms with van der Waals surface area (Å²) in [7, 11) is 0. The van der Waals surface area contributed by atoms with Crippen molar-refractivity contribution in [1.82, 2.24) is 9.97 Å². The van der Waals surface area contributed by atoms with Crippen molar-refractivity contribution in [1.29, 1.82) is 0 Å². The van der Waals surface area contributed by atoms with Gasteiger partial charge in [-0.1, -0.05) is 6.92 Å². The molecule has 6 nitrogen and oxygen atoms in total. The Morgan fingerprint density at radius 2 is 1.73 bits per heavy atom. The van der Waals surface area contributed by atoms with Crippen LogP contribution in [0, 0.1) is 5.92 Å². The minimum Gasteiger partial charge on any atom is -0.464 e. The molecule has 4 aromatic heterocycles. The monoisotopic (exact) mass is 349 g/mol. The minimum atomic E-state index is 0.548. The molecule has 1 aliphatic rings. The summed E-state index contributed by atoms with van der Waals surface area (Å²) in [6.07, 6.45) is 7.17. The smallest absolute Gasteiger partial charge is 0.232 e. The molecule has 4 aromatic rings. The maximum Gasteiger partial charge on any atom is 0.232 e. The third-order valence-electron chi connectivity index (χ3n) is 5.06. The maximum absolute atomic E-state index is 6.09. The van der Waals surface area contributed by atoms with E-state index in [4.69, 9.17) is 13.3 Å². The van der Waals surface area contributed by atoms with Gasteiger partial charge in [0.15, 0.2) is 11.5 Å². The SMILES string of the molecule is CC1CCN(c2ncnc3oc(-c4ccco4)c(-c4ccco4)c23)CC1. The van der Waals surface area contributed by atoms with Gasteiger partial charge < -0.3 is 18.2 Å². The number of aromatic nitrogens is 2. The van der Waals surface area contributed by atoms with Gasteiger partial charge in [-0.15, -0.1) is 0 Å². The van der Waals surface area contributed by atoms with E-state index in [1.807, 2.05) is 24.3 Å². The van der Waals surface area contributed by atoms with Gasteiger partial charge in [0.25, 0.3) is 0 Å². The van der Waals surface area contributed by atoms with Crippen molar-refractivity contribution in [2.24, 2.45) is 5.92 Å². The zero-order valence-corrected chi connectivity index (χ0v) is 14.5. The molecule has 0 bridgehead atoms. The third-order valence-corrected chi connectivity index (χ3v) is 5.06. The lowest BCUT2D eigenvalue weighted by molar-refractivity contribution is 0.437. The molecule has 26 heavy (non-hydrogen) atoms. The van der Waals surface area contributed by atoms with Gasteiger partial charge in [-0.3, -0.25) is 0 Å². The van der Waals surface area contributed by atoms with Crippen LogP contribution in [0.4, 0.5) is 5.82 Å². The van der Waals surface area contributed by atoms with Crippen LogP contribution < -0.4 is 4.90 Å². The van der Waals surface area contributed by atoms with E-state index in [1.165, 1.54) is 0 Å². The largest absolute Gasteiger partial charge is 0.464 e. The molecule has 0 unspecified atom stereocenters. The quantitative estimate of drug-likeness (QED) is 0.519. The zero-order chi connectivity index (χ0) is 17.5. The van der Waals surface area contributed by atoms with Gasteiger partial charge in [-0.2, -0.15) is 0 Å². The lowest BCUT2D eigenvalue weighted by Crippen LogP contribution is -2.33. The van der Waals surface area contributed by atoms with Gasteiger partial charge in [0.1, 0.15) is 17.9 Å². The molecule has 0 aliphatic carbocycles. The lowest BCUT2D eigenvalue weighted by Gasteiger charge is -2.31. The highest BCUT2D eigenvalue weighted by Crippen LogP contribution is 2.44. The molecule has 0 amide bonds. The fourth-order valence-corrected chi connectivity index (χ4v) is 3.62. The number of furan rings is 3. The fourth-order valence-electron chi connectivity index (χ4n) is 3.62. The highest BCUT2D eigenvalue weighted by molar-refractivity contribution is 6.04. The number of anilines is 1. The van der Waals surface area contributed by atoms with Crippen molar-refractivity contribution < 1.29 is 13.3 Å². The summed E-state index contributed by atoms with van der Waals surface area (Å²) in [5.41, 5.74) is 1.39. The van der Waals surface area contributed by atoms with Crippen LogP contribution in [0.15, 0.2) is 56.4 Å². The number of fused-ring (bicyclic) bond motifs is 1. The summed E-state index contributed by atoms with van der Waals surface area (Å²) in [5.74, 6) is 3.63. The lowest BCUT2D eigenvalue weighted by atomic mass is 9.99. The molecule has 0 saturated carbocycles. The first-order valence-corrected chi connectivity index (χ1v) is 8.91. The summed E-state index contributed by atoms with van der Waals surface area (Å²) in [5, 5.41) is 0.878. The third kappa shape index (κ3) is 2.41. The maximum atomic E-state index is 6.09. The van der Waals surface area contributed by atoms with Gasteiger partial charge in [0, 0.05) is 13.1 Å². The molecule has 132 valence electrons. The Bertz CT molecular complexity index is 1010. The molecule has 1 aliphatic heterocycles. The summed E-state index contributed by atoms with van der Waals surface area (Å²) < 4.78 is 17.4. The highest BCUT2D eigenvalue weighted by atomic mass is 16.4. The minimum absolute atomic E-state index is 0.548. The van der Waals surface area contributed by atoms with E-state index in [9.17, 15) is 0 Å². The number of hydrogen-bond donors (Lipinski definition) is 0. The van der Waals surface area contributed by atoms with Crippen molar-refractivity contribution in [2.75, 3.05) is 18.0 Å². The van der Waals surface area contributed by atoms with Gasteiger partial charge in [-0.05, 0) is 43.0 Å². The Morgan fingerprint density at radius 3 is 2.42 bits per heavy atom. The average Bonchev–Trinajstić information content (AvgIpc) is 3.40. The Balaban J connectivity index is 1.75. The van der Waals surface area contributed by atoms with E-state index in [0.29, 0.717) is 17.2 Å². The predicted molar refractivity (Wildman–Crippen MR) is 97.8 cm³/mol. The predicted octanol–water partition coefficient (Wildman–Crippen LogP) is 4.98. The van der Waals surface area contributed by atoms with Gasteiger partial charge in [-0.25, -0.2) is 9.97 Å². The Morgan fingerprint density at radius 1 is 1.00 bits per heavy atom. The van der Waals surface area contributed by atoms with Crippen molar-refractivity contribution >= 4 is 16.9 Å². The van der Waals surface area contributed by atoms with E-state index in [0.717, 1.165) is 54.4 Å². The van der Waals surface area contributed by atoms with Crippen LogP contribution in [-0.4, -0.2) is 23.1 Å². The summed E-state index contributed by atoms with van der Waals surface area (Å²) in [4.78, 5) is 11.3. The van der Waals surface area contributed by atoms with E-state index >= 15 is 0 Å². The number of rotatable bonds is 3. The molecule has 5 heterocycles. The average molecular weight is 349 g/mol. The van der Waals surface area contributed by atoms with Crippen LogP contribution >= 0.6 is 0 Å². The Hall–Kier alpha value is -3.02. The van der Waals surface area contributed by atoms with Crippen LogP contribution in [0.5, 0.6) is 0 Å². The molecule has 1 saturated heterocycles. The number of hydrogen-bond acceptors (Lipinski definition) is 6. The first kappa shape index (κ1) is 15.3. The van der Waals surface area contributed by atoms with Crippen molar-refractivity contribution in [3.8, 4) is 22.8 Å². The fraction of sp³-hybridized carbons (Fsp3) is 0.300. The second-order valence-corrected chi connectivity index (χ2v) is 6.81. The molecular weight excluding hydrogens is 330 g/mol. The summed E-state index contributed by atoms with van der Waals surface area (Å²) >= 11 is 0. The Kier molecular flexibility index (Phi) is 3.55. The van der Waals surface area contributed by atoms with Crippen LogP contribution in [-0.2, 0) is 0 Å². The van der Waals surface area contributed by atoms with Gasteiger partial charge >= 0.3 is 0 Å². The molecule has 6 heteroatoms.